The van der Waals surface area contributed by atoms with E-state index >= 15 is 0 Å². The molecule has 0 bridgehead atoms. The Balaban J connectivity index is 3.08. The normalized spacial score (nSPS) is 10.8. The van der Waals surface area contributed by atoms with Gasteiger partial charge in [0.15, 0.2) is 17.2 Å². The van der Waals surface area contributed by atoms with E-state index in [1.165, 1.54) is 6.07 Å². The lowest BCUT2D eigenvalue weighted by molar-refractivity contribution is -0.385. The third kappa shape index (κ3) is 3.42. The maximum Gasteiger partial charge on any atom is 0.272 e. The van der Waals surface area contributed by atoms with Crippen molar-refractivity contribution in [1.82, 2.24) is 5.32 Å². The summed E-state index contributed by atoms with van der Waals surface area (Å²) in [4.78, 5) is 13.5. The molecule has 0 fully saturated rings. The van der Waals surface area contributed by atoms with Gasteiger partial charge in [-0.1, -0.05) is 11.8 Å². The third-order valence-electron chi connectivity index (χ3n) is 1.72. The van der Waals surface area contributed by atoms with E-state index in [0.717, 1.165) is 23.9 Å². The predicted molar refractivity (Wildman–Crippen MR) is 62.4 cm³/mol. The minimum absolute atomic E-state index is 0.0669. The van der Waals surface area contributed by atoms with E-state index in [4.69, 9.17) is 5.26 Å². The van der Waals surface area contributed by atoms with Gasteiger partial charge in [0, 0.05) is 6.07 Å². The number of non-ortho nitro benzene ring substituents is 1. The number of aliphatic imine (C=N–C) groups is 1. The molecule has 17 heavy (non-hydrogen) atoms. The minimum Gasteiger partial charge on any atom is -0.271 e. The molecule has 0 radical (unpaired) electrons. The van der Waals surface area contributed by atoms with Crippen LogP contribution in [0.5, 0.6) is 0 Å². The molecular weight excluding hydrogens is 247 g/mol. The molecule has 6 nitrogen and oxygen atoms in total. The third-order valence-corrected chi connectivity index (χ3v) is 2.30. The number of hydrogen-bond donors (Lipinski definition) is 1. The molecule has 0 saturated heterocycles. The predicted octanol–water partition coefficient (Wildman–Crippen LogP) is 2.16. The number of halogens is 1. The van der Waals surface area contributed by atoms with Crippen molar-refractivity contribution in [2.24, 2.45) is 4.99 Å². The molecule has 1 rings (SSSR count). The van der Waals surface area contributed by atoms with Gasteiger partial charge in [0.1, 0.15) is 5.69 Å². The number of rotatable bonds is 2. The zero-order valence-electron chi connectivity index (χ0n) is 8.68. The summed E-state index contributed by atoms with van der Waals surface area (Å²) in [6.07, 6.45) is 3.31. The van der Waals surface area contributed by atoms with Crippen LogP contribution in [0.15, 0.2) is 23.2 Å². The van der Waals surface area contributed by atoms with Crippen LogP contribution < -0.4 is 5.32 Å². The summed E-state index contributed by atoms with van der Waals surface area (Å²) in [5, 5.41) is 21.3. The first-order valence-electron chi connectivity index (χ1n) is 4.30. The molecule has 88 valence electrons. The van der Waals surface area contributed by atoms with Crippen molar-refractivity contribution < 1.29 is 9.31 Å². The van der Waals surface area contributed by atoms with Gasteiger partial charge in [-0.25, -0.2) is 9.38 Å². The molecule has 1 aromatic rings. The summed E-state index contributed by atoms with van der Waals surface area (Å²) in [5.41, 5.74) is -0.414. The summed E-state index contributed by atoms with van der Waals surface area (Å²) >= 11 is 1.12. The molecule has 0 aliphatic rings. The maximum atomic E-state index is 13.4. The molecule has 0 aliphatic carbocycles. The van der Waals surface area contributed by atoms with Gasteiger partial charge in [0.05, 0.1) is 11.0 Å². The topological polar surface area (TPSA) is 91.3 Å². The molecule has 0 aromatic heterocycles. The number of nitro benzene ring substituents is 1. The fraction of sp³-hybridized carbons (Fsp3) is 0.111. The number of nitro groups is 1. The lowest BCUT2D eigenvalue weighted by atomic mass is 10.3. The zero-order chi connectivity index (χ0) is 12.8. The van der Waals surface area contributed by atoms with E-state index < -0.39 is 10.7 Å². The van der Waals surface area contributed by atoms with Crippen molar-refractivity contribution in [2.75, 3.05) is 6.26 Å². The summed E-state index contributed by atoms with van der Waals surface area (Å²) < 4.78 is 13.4. The van der Waals surface area contributed by atoms with E-state index in [1.54, 1.807) is 12.4 Å². The second-order valence-electron chi connectivity index (χ2n) is 2.75. The van der Waals surface area contributed by atoms with Crippen LogP contribution in [0.2, 0.25) is 0 Å². The molecule has 1 N–H and O–H groups in total. The highest BCUT2D eigenvalue weighted by Crippen LogP contribution is 2.23. The molecule has 0 unspecified atom stereocenters. The molecule has 0 atom stereocenters. The van der Waals surface area contributed by atoms with Crippen LogP contribution in [-0.4, -0.2) is 16.3 Å². The van der Waals surface area contributed by atoms with Crippen molar-refractivity contribution in [3.8, 4) is 6.19 Å². The fourth-order valence-corrected chi connectivity index (χ4v) is 1.32. The quantitative estimate of drug-likeness (QED) is 0.218. The molecular formula is C9H7FN4O2S. The van der Waals surface area contributed by atoms with Crippen LogP contribution in [0.4, 0.5) is 15.8 Å². The lowest BCUT2D eigenvalue weighted by Gasteiger charge is -2.00. The number of thioether (sulfide) groups is 1. The van der Waals surface area contributed by atoms with Crippen LogP contribution in [0.3, 0.4) is 0 Å². The first-order chi connectivity index (χ1) is 8.08. The summed E-state index contributed by atoms with van der Waals surface area (Å²) in [6, 6.07) is 3.11. The van der Waals surface area contributed by atoms with Crippen molar-refractivity contribution in [1.29, 1.82) is 5.26 Å². The Kier molecular flexibility index (Phi) is 4.42. The van der Waals surface area contributed by atoms with Gasteiger partial charge in [0.25, 0.3) is 5.69 Å². The Morgan fingerprint density at radius 2 is 2.41 bits per heavy atom. The smallest absolute Gasteiger partial charge is 0.271 e. The summed E-state index contributed by atoms with van der Waals surface area (Å²) in [7, 11) is 0. The monoisotopic (exact) mass is 254 g/mol. The average Bonchev–Trinajstić information content (AvgIpc) is 2.30. The van der Waals surface area contributed by atoms with Crippen molar-refractivity contribution in [2.45, 2.75) is 0 Å². The van der Waals surface area contributed by atoms with Crippen LogP contribution in [0, 0.1) is 27.4 Å². The second kappa shape index (κ2) is 5.81. The van der Waals surface area contributed by atoms with Crippen LogP contribution in [-0.2, 0) is 0 Å². The van der Waals surface area contributed by atoms with Crippen molar-refractivity contribution in [3.05, 3.63) is 34.1 Å². The fourth-order valence-electron chi connectivity index (χ4n) is 0.982. The zero-order valence-corrected chi connectivity index (χ0v) is 9.49. The van der Waals surface area contributed by atoms with Crippen LogP contribution in [0.1, 0.15) is 0 Å². The Morgan fingerprint density at radius 1 is 1.71 bits per heavy atom. The number of nitrogens with one attached hydrogen (secondary N) is 1. The van der Waals surface area contributed by atoms with Gasteiger partial charge in [-0.05, 0) is 12.3 Å². The SMILES string of the molecule is CSC(=Nc1ccc([N+](=O)[O-])cc1F)NC#N. The van der Waals surface area contributed by atoms with Crippen LogP contribution >= 0.6 is 11.8 Å². The highest BCUT2D eigenvalue weighted by Gasteiger charge is 2.10. The Labute approximate surface area is 100 Å². The summed E-state index contributed by atoms with van der Waals surface area (Å²) in [6.45, 7) is 0. The second-order valence-corrected chi connectivity index (χ2v) is 3.55. The van der Waals surface area contributed by atoms with Gasteiger partial charge in [-0.15, -0.1) is 0 Å². The molecule has 0 heterocycles. The molecule has 1 aromatic carbocycles. The highest BCUT2D eigenvalue weighted by molar-refractivity contribution is 8.13. The van der Waals surface area contributed by atoms with E-state index in [1.807, 2.05) is 0 Å². The van der Waals surface area contributed by atoms with E-state index in [-0.39, 0.29) is 16.5 Å². The first kappa shape index (κ1) is 12.9. The lowest BCUT2D eigenvalue weighted by Crippen LogP contribution is -2.12. The number of benzene rings is 1. The van der Waals surface area contributed by atoms with Gasteiger partial charge < -0.3 is 0 Å². The Morgan fingerprint density at radius 3 is 2.88 bits per heavy atom. The minimum atomic E-state index is -0.814. The van der Waals surface area contributed by atoms with E-state index in [0.29, 0.717) is 0 Å². The first-order valence-corrected chi connectivity index (χ1v) is 5.52. The number of nitrogens with zero attached hydrogens (tertiary/aromatic N) is 3. The summed E-state index contributed by atoms with van der Waals surface area (Å²) in [5.74, 6) is -0.814. The molecule has 0 aliphatic heterocycles. The van der Waals surface area contributed by atoms with Gasteiger partial charge >= 0.3 is 0 Å². The van der Waals surface area contributed by atoms with Gasteiger partial charge in [0.2, 0.25) is 0 Å². The Bertz CT molecular complexity index is 512. The Hall–Kier alpha value is -2.14. The number of nitriles is 1. The molecule has 8 heteroatoms. The van der Waals surface area contributed by atoms with Crippen molar-refractivity contribution in [3.63, 3.8) is 0 Å². The molecule has 0 saturated carbocycles. The number of amidine groups is 1. The largest absolute Gasteiger partial charge is 0.272 e. The maximum absolute atomic E-state index is 13.4. The van der Waals surface area contributed by atoms with Gasteiger partial charge in [-0.3, -0.25) is 15.4 Å². The standard InChI is InChI=1S/C9H7FN4O2S/c1-17-9(12-5-11)13-8-3-2-6(14(15)16)4-7(8)10/h2-4H,1H3,(H,12,13). The van der Waals surface area contributed by atoms with Gasteiger partial charge in [-0.2, -0.15) is 5.26 Å². The van der Waals surface area contributed by atoms with E-state index in [2.05, 4.69) is 10.3 Å². The van der Waals surface area contributed by atoms with Crippen LogP contribution in [0.25, 0.3) is 0 Å². The van der Waals surface area contributed by atoms with E-state index in [9.17, 15) is 14.5 Å². The molecule has 0 amide bonds. The number of hydrogen-bond acceptors (Lipinski definition) is 5. The van der Waals surface area contributed by atoms with Crippen molar-refractivity contribution >= 4 is 28.3 Å². The average molecular weight is 254 g/mol. The molecule has 0 spiro atoms. The highest BCUT2D eigenvalue weighted by atomic mass is 32.2.